The van der Waals surface area contributed by atoms with Crippen LogP contribution in [-0.2, 0) is 6.54 Å². The molecule has 0 atom stereocenters. The van der Waals surface area contributed by atoms with E-state index in [2.05, 4.69) is 4.98 Å². The monoisotopic (exact) mass is 291 g/mol. The third-order valence-corrected chi connectivity index (χ3v) is 3.09. The number of hydrogen-bond acceptors (Lipinski definition) is 4. The van der Waals surface area contributed by atoms with Crippen LogP contribution in [0.5, 0.6) is 0 Å². The molecule has 1 aromatic heterocycles. The van der Waals surface area contributed by atoms with Gasteiger partial charge in [0, 0.05) is 13.1 Å². The summed E-state index contributed by atoms with van der Waals surface area (Å²) in [6.45, 7) is 3.28. The van der Waals surface area contributed by atoms with Crippen molar-refractivity contribution in [2.75, 3.05) is 11.4 Å². The second-order valence-electron chi connectivity index (χ2n) is 4.26. The second kappa shape index (κ2) is 6.34. The Hall–Kier alpha value is -2.14. The van der Waals surface area contributed by atoms with Crippen LogP contribution in [0.15, 0.2) is 42.5 Å². The van der Waals surface area contributed by atoms with Gasteiger partial charge in [0.25, 0.3) is 5.69 Å². The van der Waals surface area contributed by atoms with Crippen molar-refractivity contribution in [3.63, 3.8) is 0 Å². The van der Waals surface area contributed by atoms with Gasteiger partial charge in [-0.2, -0.15) is 0 Å². The molecule has 0 saturated carbocycles. The molecule has 0 aliphatic carbocycles. The molecule has 0 amide bonds. The lowest BCUT2D eigenvalue weighted by molar-refractivity contribution is -0.384. The SMILES string of the molecule is CCN(Cc1ccccc1)c1cc([N+](=O)[O-])cc(Cl)n1. The van der Waals surface area contributed by atoms with Gasteiger partial charge in [0.15, 0.2) is 0 Å². The van der Waals surface area contributed by atoms with Gasteiger partial charge in [0.1, 0.15) is 11.0 Å². The fourth-order valence-corrected chi connectivity index (χ4v) is 2.09. The third-order valence-electron chi connectivity index (χ3n) is 2.90. The number of pyridine rings is 1. The zero-order chi connectivity index (χ0) is 14.5. The minimum Gasteiger partial charge on any atom is -0.352 e. The molecule has 104 valence electrons. The number of benzene rings is 1. The van der Waals surface area contributed by atoms with E-state index in [-0.39, 0.29) is 10.8 Å². The van der Waals surface area contributed by atoms with Crippen LogP contribution in [0.3, 0.4) is 0 Å². The Labute approximate surface area is 122 Å². The van der Waals surface area contributed by atoms with E-state index >= 15 is 0 Å². The Morgan fingerprint density at radius 3 is 2.60 bits per heavy atom. The summed E-state index contributed by atoms with van der Waals surface area (Å²) in [7, 11) is 0. The normalized spacial score (nSPS) is 10.3. The van der Waals surface area contributed by atoms with Crippen molar-refractivity contribution in [1.82, 2.24) is 4.98 Å². The Morgan fingerprint density at radius 1 is 1.30 bits per heavy atom. The zero-order valence-corrected chi connectivity index (χ0v) is 11.7. The van der Waals surface area contributed by atoms with E-state index in [4.69, 9.17) is 11.6 Å². The average Bonchev–Trinajstić information content (AvgIpc) is 2.45. The molecule has 0 aliphatic heterocycles. The van der Waals surface area contributed by atoms with E-state index in [1.54, 1.807) is 0 Å². The Bertz CT molecular complexity index is 605. The minimum atomic E-state index is -0.465. The van der Waals surface area contributed by atoms with Gasteiger partial charge in [-0.25, -0.2) is 4.98 Å². The molecule has 2 aromatic rings. The molecule has 0 fully saturated rings. The van der Waals surface area contributed by atoms with Crippen molar-refractivity contribution in [3.05, 3.63) is 63.3 Å². The van der Waals surface area contributed by atoms with Gasteiger partial charge in [0.2, 0.25) is 0 Å². The molecular weight excluding hydrogens is 278 g/mol. The van der Waals surface area contributed by atoms with Gasteiger partial charge in [-0.05, 0) is 12.5 Å². The molecule has 1 heterocycles. The van der Waals surface area contributed by atoms with Crippen molar-refractivity contribution < 1.29 is 4.92 Å². The Morgan fingerprint density at radius 2 is 2.00 bits per heavy atom. The molecule has 2 rings (SSSR count). The quantitative estimate of drug-likeness (QED) is 0.479. The lowest BCUT2D eigenvalue weighted by Gasteiger charge is -2.22. The van der Waals surface area contributed by atoms with Crippen LogP contribution in [-0.4, -0.2) is 16.5 Å². The van der Waals surface area contributed by atoms with Crippen molar-refractivity contribution in [3.8, 4) is 0 Å². The molecule has 0 bridgehead atoms. The summed E-state index contributed by atoms with van der Waals surface area (Å²) in [5.74, 6) is 0.510. The van der Waals surface area contributed by atoms with E-state index in [1.807, 2.05) is 42.2 Å². The van der Waals surface area contributed by atoms with Gasteiger partial charge in [0.05, 0.1) is 17.1 Å². The fourth-order valence-electron chi connectivity index (χ4n) is 1.90. The van der Waals surface area contributed by atoms with Crippen molar-refractivity contribution in [2.45, 2.75) is 13.5 Å². The standard InChI is InChI=1S/C14H14ClN3O2/c1-2-17(10-11-6-4-3-5-7-11)14-9-12(18(19)20)8-13(15)16-14/h3-9H,2,10H2,1H3. The first-order chi connectivity index (χ1) is 9.60. The van der Waals surface area contributed by atoms with Crippen LogP contribution in [0.4, 0.5) is 11.5 Å². The number of aromatic nitrogens is 1. The second-order valence-corrected chi connectivity index (χ2v) is 4.65. The molecule has 0 N–H and O–H groups in total. The Balaban J connectivity index is 2.29. The summed E-state index contributed by atoms with van der Waals surface area (Å²) in [5, 5.41) is 11.0. The van der Waals surface area contributed by atoms with Crippen molar-refractivity contribution >= 4 is 23.1 Å². The molecule has 0 spiro atoms. The first-order valence-corrected chi connectivity index (χ1v) is 6.59. The summed E-state index contributed by atoms with van der Waals surface area (Å²) in [5.41, 5.74) is 1.06. The summed E-state index contributed by atoms with van der Waals surface area (Å²) in [4.78, 5) is 16.5. The summed E-state index contributed by atoms with van der Waals surface area (Å²) >= 11 is 5.86. The van der Waals surface area contributed by atoms with Crippen LogP contribution >= 0.6 is 11.6 Å². The Kier molecular flexibility index (Phi) is 4.53. The summed E-state index contributed by atoms with van der Waals surface area (Å²) in [6.07, 6.45) is 0. The maximum atomic E-state index is 10.9. The van der Waals surface area contributed by atoms with Crippen LogP contribution < -0.4 is 4.90 Å². The number of nitrogens with zero attached hydrogens (tertiary/aromatic N) is 3. The van der Waals surface area contributed by atoms with Gasteiger partial charge in [-0.3, -0.25) is 10.1 Å². The first kappa shape index (κ1) is 14.3. The third kappa shape index (κ3) is 3.45. The number of hydrogen-bond donors (Lipinski definition) is 0. The maximum absolute atomic E-state index is 10.9. The van der Waals surface area contributed by atoms with E-state index in [1.165, 1.54) is 12.1 Å². The molecule has 6 heteroatoms. The summed E-state index contributed by atoms with van der Waals surface area (Å²) in [6, 6.07) is 12.6. The molecule has 0 radical (unpaired) electrons. The van der Waals surface area contributed by atoms with Crippen LogP contribution in [0.1, 0.15) is 12.5 Å². The number of halogens is 1. The minimum absolute atomic E-state index is 0.0495. The molecule has 5 nitrogen and oxygen atoms in total. The van der Waals surface area contributed by atoms with Crippen LogP contribution in [0, 0.1) is 10.1 Å². The number of nitro groups is 1. The fraction of sp³-hybridized carbons (Fsp3) is 0.214. The lowest BCUT2D eigenvalue weighted by atomic mass is 10.2. The van der Waals surface area contributed by atoms with Crippen molar-refractivity contribution in [2.24, 2.45) is 0 Å². The highest BCUT2D eigenvalue weighted by atomic mass is 35.5. The van der Waals surface area contributed by atoms with E-state index in [0.717, 1.165) is 5.56 Å². The first-order valence-electron chi connectivity index (χ1n) is 6.21. The zero-order valence-electron chi connectivity index (χ0n) is 11.0. The predicted octanol–water partition coefficient (Wildman–Crippen LogP) is 3.67. The molecule has 1 aromatic carbocycles. The molecule has 0 unspecified atom stereocenters. The molecule has 20 heavy (non-hydrogen) atoms. The van der Waals surface area contributed by atoms with E-state index in [0.29, 0.717) is 18.9 Å². The van der Waals surface area contributed by atoms with Gasteiger partial charge in [-0.15, -0.1) is 0 Å². The van der Waals surface area contributed by atoms with Crippen LogP contribution in [0.2, 0.25) is 5.15 Å². The predicted molar refractivity (Wildman–Crippen MR) is 79.1 cm³/mol. The largest absolute Gasteiger partial charge is 0.352 e. The summed E-state index contributed by atoms with van der Waals surface area (Å²) < 4.78 is 0. The molecular formula is C14H14ClN3O2. The lowest BCUT2D eigenvalue weighted by Crippen LogP contribution is -2.23. The van der Waals surface area contributed by atoms with Gasteiger partial charge in [-0.1, -0.05) is 41.9 Å². The highest BCUT2D eigenvalue weighted by Gasteiger charge is 2.14. The maximum Gasteiger partial charge on any atom is 0.276 e. The van der Waals surface area contributed by atoms with Crippen molar-refractivity contribution in [1.29, 1.82) is 0 Å². The van der Waals surface area contributed by atoms with Gasteiger partial charge >= 0.3 is 0 Å². The van der Waals surface area contributed by atoms with Crippen LogP contribution in [0.25, 0.3) is 0 Å². The number of rotatable bonds is 5. The molecule has 0 aliphatic rings. The number of anilines is 1. The van der Waals surface area contributed by atoms with Gasteiger partial charge < -0.3 is 4.90 Å². The molecule has 0 saturated heterocycles. The van der Waals surface area contributed by atoms with E-state index < -0.39 is 4.92 Å². The smallest absolute Gasteiger partial charge is 0.276 e. The average molecular weight is 292 g/mol. The van der Waals surface area contributed by atoms with E-state index in [9.17, 15) is 10.1 Å². The highest BCUT2D eigenvalue weighted by Crippen LogP contribution is 2.24. The topological polar surface area (TPSA) is 59.3 Å². The highest BCUT2D eigenvalue weighted by molar-refractivity contribution is 6.29.